The van der Waals surface area contributed by atoms with Gasteiger partial charge in [-0.1, -0.05) is 0 Å². The van der Waals surface area contributed by atoms with Crippen LogP contribution in [0.1, 0.15) is 27.6 Å². The van der Waals surface area contributed by atoms with Gasteiger partial charge in [0.05, 0.1) is 24.3 Å². The molecule has 0 aliphatic heterocycles. The fourth-order valence-electron chi connectivity index (χ4n) is 2.82. The molecule has 0 aliphatic carbocycles. The summed E-state index contributed by atoms with van der Waals surface area (Å²) in [4.78, 5) is 40.4. The van der Waals surface area contributed by atoms with Crippen molar-refractivity contribution in [3.63, 3.8) is 0 Å². The fraction of sp³-hybridized carbons (Fsp3) is 0.150. The number of rotatable bonds is 7. The van der Waals surface area contributed by atoms with E-state index in [2.05, 4.69) is 15.4 Å². The van der Waals surface area contributed by atoms with Crippen molar-refractivity contribution in [2.75, 3.05) is 11.9 Å². The average molecular weight is 394 g/mol. The van der Waals surface area contributed by atoms with Crippen LogP contribution < -0.4 is 10.9 Å². The minimum atomic E-state index is -1.07. The van der Waals surface area contributed by atoms with E-state index in [0.717, 1.165) is 4.68 Å². The summed E-state index contributed by atoms with van der Waals surface area (Å²) < 4.78 is 1.07. The lowest BCUT2D eigenvalue weighted by atomic mass is 10.0. The molecule has 3 rings (SSSR count). The number of aromatic nitrogens is 3. The number of hydrogen-bond acceptors (Lipinski definition) is 7. The van der Waals surface area contributed by atoms with Crippen LogP contribution in [0.3, 0.4) is 0 Å². The molecule has 2 aromatic heterocycles. The van der Waals surface area contributed by atoms with Gasteiger partial charge in [0, 0.05) is 23.6 Å². The molecule has 9 nitrogen and oxygen atoms in total. The molecule has 3 N–H and O–H groups in total. The molecule has 0 atom stereocenters. The second-order valence-electron chi connectivity index (χ2n) is 6.16. The largest absolute Gasteiger partial charge is 0.478 e. The quantitative estimate of drug-likeness (QED) is 0.518. The van der Waals surface area contributed by atoms with Gasteiger partial charge in [-0.2, -0.15) is 5.10 Å². The monoisotopic (exact) mass is 394 g/mol. The zero-order valence-corrected chi connectivity index (χ0v) is 15.5. The summed E-state index contributed by atoms with van der Waals surface area (Å²) in [5.41, 5.74) is 0.790. The first-order valence-electron chi connectivity index (χ1n) is 8.70. The Labute approximate surface area is 165 Å². The van der Waals surface area contributed by atoms with E-state index in [1.807, 2.05) is 0 Å². The Balaban J connectivity index is 2.20. The lowest BCUT2D eigenvalue weighted by Gasteiger charge is -2.16. The normalized spacial score (nSPS) is 10.6. The van der Waals surface area contributed by atoms with E-state index in [9.17, 15) is 19.5 Å². The maximum Gasteiger partial charge on any atom is 0.335 e. The van der Waals surface area contributed by atoms with Crippen molar-refractivity contribution in [2.24, 2.45) is 0 Å². The zero-order chi connectivity index (χ0) is 21.0. The molecule has 0 unspecified atom stereocenters. The molecule has 0 amide bonds. The minimum absolute atomic E-state index is 0.0112. The van der Waals surface area contributed by atoms with Crippen molar-refractivity contribution in [3.8, 4) is 11.3 Å². The maximum absolute atomic E-state index is 12.9. The number of hydrogen-bond donors (Lipinski definition) is 3. The van der Waals surface area contributed by atoms with Crippen molar-refractivity contribution in [3.05, 3.63) is 70.3 Å². The number of aliphatic hydroxyl groups excluding tert-OH is 1. The third kappa shape index (κ3) is 4.19. The van der Waals surface area contributed by atoms with Crippen LogP contribution in [0.2, 0.25) is 0 Å². The Morgan fingerprint density at radius 2 is 1.90 bits per heavy atom. The molecule has 0 fully saturated rings. The van der Waals surface area contributed by atoms with Crippen LogP contribution in [-0.2, 0) is 6.54 Å². The summed E-state index contributed by atoms with van der Waals surface area (Å²) in [6.45, 7) is 0.952. The van der Waals surface area contributed by atoms with Crippen molar-refractivity contribution in [2.45, 2.75) is 13.5 Å². The molecule has 1 aromatic carbocycles. The van der Waals surface area contributed by atoms with E-state index in [1.165, 1.54) is 37.4 Å². The summed E-state index contributed by atoms with van der Waals surface area (Å²) in [5, 5.41) is 25.5. The van der Waals surface area contributed by atoms with Crippen LogP contribution in [0.5, 0.6) is 0 Å². The van der Waals surface area contributed by atoms with Crippen LogP contribution in [-0.4, -0.2) is 43.3 Å². The topological polar surface area (TPSA) is 134 Å². The Morgan fingerprint density at radius 1 is 1.17 bits per heavy atom. The summed E-state index contributed by atoms with van der Waals surface area (Å²) in [6, 6.07) is 9.14. The van der Waals surface area contributed by atoms with Crippen LogP contribution in [0.25, 0.3) is 11.3 Å². The number of anilines is 2. The van der Waals surface area contributed by atoms with E-state index in [1.54, 1.807) is 18.3 Å². The second-order valence-corrected chi connectivity index (χ2v) is 6.16. The van der Waals surface area contributed by atoms with Gasteiger partial charge >= 0.3 is 5.97 Å². The number of nitrogens with zero attached hydrogens (tertiary/aromatic N) is 3. The van der Waals surface area contributed by atoms with Gasteiger partial charge in [-0.25, -0.2) is 9.48 Å². The van der Waals surface area contributed by atoms with Gasteiger partial charge in [-0.05, 0) is 43.3 Å². The lowest BCUT2D eigenvalue weighted by molar-refractivity contribution is 0.0696. The third-order valence-electron chi connectivity index (χ3n) is 4.16. The van der Waals surface area contributed by atoms with Gasteiger partial charge in [0.25, 0.3) is 5.56 Å². The van der Waals surface area contributed by atoms with Gasteiger partial charge in [0.1, 0.15) is 11.4 Å². The minimum Gasteiger partial charge on any atom is -0.478 e. The molecular weight excluding hydrogens is 376 g/mol. The van der Waals surface area contributed by atoms with Crippen LogP contribution >= 0.6 is 0 Å². The zero-order valence-electron chi connectivity index (χ0n) is 15.5. The molecular formula is C20H18N4O5. The Morgan fingerprint density at radius 3 is 2.45 bits per heavy atom. The van der Waals surface area contributed by atoms with Crippen molar-refractivity contribution >= 4 is 23.1 Å². The van der Waals surface area contributed by atoms with Crippen molar-refractivity contribution in [1.82, 2.24) is 14.8 Å². The number of ketones is 1. The molecule has 0 saturated carbocycles. The number of Topliss-reactive ketones (excluding diaryl/α,β-unsaturated/α-hetero) is 1. The van der Waals surface area contributed by atoms with E-state index < -0.39 is 11.5 Å². The van der Waals surface area contributed by atoms with Gasteiger partial charge in [0.15, 0.2) is 5.78 Å². The summed E-state index contributed by atoms with van der Waals surface area (Å²) in [7, 11) is 0. The molecule has 29 heavy (non-hydrogen) atoms. The average Bonchev–Trinajstić information content (AvgIpc) is 2.71. The van der Waals surface area contributed by atoms with Crippen molar-refractivity contribution < 1.29 is 19.8 Å². The summed E-state index contributed by atoms with van der Waals surface area (Å²) in [5.74, 6) is -1.46. The fourth-order valence-corrected chi connectivity index (χ4v) is 2.82. The number of pyridine rings is 1. The first kappa shape index (κ1) is 19.9. The molecule has 0 aliphatic rings. The number of aromatic carboxylic acids is 1. The highest BCUT2D eigenvalue weighted by molar-refractivity contribution is 6.05. The van der Waals surface area contributed by atoms with Gasteiger partial charge in [-0.15, -0.1) is 0 Å². The van der Waals surface area contributed by atoms with E-state index in [4.69, 9.17) is 5.11 Å². The van der Waals surface area contributed by atoms with Crippen molar-refractivity contribution in [1.29, 1.82) is 0 Å². The number of carboxylic acids is 1. The van der Waals surface area contributed by atoms with E-state index in [0.29, 0.717) is 11.3 Å². The molecule has 0 radical (unpaired) electrons. The highest BCUT2D eigenvalue weighted by Gasteiger charge is 2.22. The smallest absolute Gasteiger partial charge is 0.335 e. The van der Waals surface area contributed by atoms with Crippen LogP contribution in [0, 0.1) is 0 Å². The SMILES string of the molecule is CC(=O)c1c(-c2cccnc2)nn(CCO)c(=O)c1Nc1ccc(C(=O)O)cc1. The number of benzene rings is 1. The van der Waals surface area contributed by atoms with Gasteiger partial charge in [-0.3, -0.25) is 14.6 Å². The number of carboxylic acid groups (broad SMARTS) is 1. The van der Waals surface area contributed by atoms with E-state index >= 15 is 0 Å². The molecule has 148 valence electrons. The Bertz CT molecular complexity index is 1110. The first-order valence-corrected chi connectivity index (χ1v) is 8.70. The molecule has 0 spiro atoms. The maximum atomic E-state index is 12.9. The predicted octanol–water partition coefficient (Wildman–Crippen LogP) is 1.94. The number of carbonyl (C=O) groups is 2. The summed E-state index contributed by atoms with van der Waals surface area (Å²) >= 11 is 0. The second kappa shape index (κ2) is 8.44. The van der Waals surface area contributed by atoms with Crippen LogP contribution in [0.4, 0.5) is 11.4 Å². The highest BCUT2D eigenvalue weighted by Crippen LogP contribution is 2.27. The number of nitrogens with one attached hydrogen (secondary N) is 1. The first-order chi connectivity index (χ1) is 13.9. The molecule has 9 heteroatoms. The predicted molar refractivity (Wildman–Crippen MR) is 106 cm³/mol. The molecule has 3 aromatic rings. The number of aliphatic hydroxyl groups is 1. The van der Waals surface area contributed by atoms with Gasteiger partial charge < -0.3 is 15.5 Å². The Kier molecular flexibility index (Phi) is 5.79. The van der Waals surface area contributed by atoms with Crippen LogP contribution in [0.15, 0.2) is 53.6 Å². The lowest BCUT2D eigenvalue weighted by Crippen LogP contribution is -2.29. The summed E-state index contributed by atoms with van der Waals surface area (Å²) in [6.07, 6.45) is 3.10. The molecule has 0 bridgehead atoms. The molecule has 0 saturated heterocycles. The Hall–Kier alpha value is -3.85. The highest BCUT2D eigenvalue weighted by atomic mass is 16.4. The third-order valence-corrected chi connectivity index (χ3v) is 4.16. The standard InChI is InChI=1S/C20H18N4O5/c1-12(26)16-17(14-3-2-8-21-11-14)23-24(9-10-25)19(27)18(16)22-15-6-4-13(5-7-15)20(28)29/h2-8,11,22,25H,9-10H2,1H3,(H,28,29). The molecule has 2 heterocycles. The van der Waals surface area contributed by atoms with E-state index in [-0.39, 0.29) is 41.4 Å². The van der Waals surface area contributed by atoms with Gasteiger partial charge in [0.2, 0.25) is 0 Å². The number of carbonyl (C=O) groups excluding carboxylic acids is 1.